The highest BCUT2D eigenvalue weighted by Gasteiger charge is 2.47. The summed E-state index contributed by atoms with van der Waals surface area (Å²) >= 11 is 0. The van der Waals surface area contributed by atoms with Crippen LogP contribution in [0.1, 0.15) is 37.5 Å². The van der Waals surface area contributed by atoms with Crippen molar-refractivity contribution in [1.82, 2.24) is 4.90 Å². The Morgan fingerprint density at radius 1 is 0.944 bits per heavy atom. The van der Waals surface area contributed by atoms with Crippen LogP contribution < -0.4 is 10.6 Å². The zero-order valence-corrected chi connectivity index (χ0v) is 20.1. The van der Waals surface area contributed by atoms with Crippen LogP contribution in [0.2, 0.25) is 0 Å². The number of cyclic esters (lactones) is 1. The van der Waals surface area contributed by atoms with Crippen molar-refractivity contribution in [2.75, 3.05) is 10.6 Å². The van der Waals surface area contributed by atoms with Crippen LogP contribution in [0.5, 0.6) is 0 Å². The van der Waals surface area contributed by atoms with Gasteiger partial charge in [-0.15, -0.1) is 0 Å². The zero-order chi connectivity index (χ0) is 25.7. The van der Waals surface area contributed by atoms with Gasteiger partial charge >= 0.3 is 6.09 Å². The van der Waals surface area contributed by atoms with E-state index in [2.05, 4.69) is 10.6 Å². The molecular weight excluding hydrogens is 461 g/mol. The molecule has 1 heterocycles. The largest absolute Gasteiger partial charge is 0.438 e. The van der Waals surface area contributed by atoms with Crippen molar-refractivity contribution in [3.8, 4) is 0 Å². The maximum Gasteiger partial charge on any atom is 0.411 e. The van der Waals surface area contributed by atoms with Gasteiger partial charge in [0.1, 0.15) is 5.82 Å². The van der Waals surface area contributed by atoms with Crippen LogP contribution in [0.4, 0.5) is 20.6 Å². The lowest BCUT2D eigenvalue weighted by Gasteiger charge is -2.24. The molecule has 0 aromatic heterocycles. The summed E-state index contributed by atoms with van der Waals surface area (Å²) in [6, 6.07) is 20.6. The molecule has 2 atom stereocenters. The molecule has 0 bridgehead atoms. The van der Waals surface area contributed by atoms with E-state index in [-0.39, 0.29) is 18.4 Å². The van der Waals surface area contributed by atoms with E-state index in [1.165, 1.54) is 17.0 Å². The quantitative estimate of drug-likeness (QED) is 0.437. The second-order valence-electron chi connectivity index (χ2n) is 9.13. The summed E-state index contributed by atoms with van der Waals surface area (Å²) in [6.07, 6.45) is -1.20. The number of nitrogens with one attached hydrogen (secondary N) is 2. The van der Waals surface area contributed by atoms with E-state index in [4.69, 9.17) is 4.74 Å². The molecule has 1 aliphatic rings. The number of halogens is 1. The van der Waals surface area contributed by atoms with Gasteiger partial charge in [0.25, 0.3) is 5.91 Å². The normalized spacial score (nSPS) is 17.1. The van der Waals surface area contributed by atoms with E-state index in [9.17, 15) is 18.8 Å². The Morgan fingerprint density at radius 3 is 2.33 bits per heavy atom. The predicted octanol–water partition coefficient (Wildman–Crippen LogP) is 5.51. The van der Waals surface area contributed by atoms with Gasteiger partial charge in [-0.3, -0.25) is 14.5 Å². The molecule has 36 heavy (non-hydrogen) atoms. The molecule has 2 N–H and O–H groups in total. The lowest BCUT2D eigenvalue weighted by Crippen LogP contribution is -2.43. The molecule has 4 rings (SSSR count). The fourth-order valence-electron chi connectivity index (χ4n) is 4.11. The van der Waals surface area contributed by atoms with E-state index in [0.717, 1.165) is 0 Å². The van der Waals surface area contributed by atoms with Gasteiger partial charge in [-0.1, -0.05) is 56.3 Å². The molecule has 0 radical (unpaired) electrons. The SMILES string of the molecule is CC(C)CC(=O)Nc1cccc(C2OC(=O)N(Cc3ccc(F)cc3)C2C(=O)Nc2ccccc2)c1. The molecule has 3 amide bonds. The third-order valence-corrected chi connectivity index (χ3v) is 5.75. The van der Waals surface area contributed by atoms with Crippen LogP contribution >= 0.6 is 0 Å². The van der Waals surface area contributed by atoms with Crippen molar-refractivity contribution in [2.24, 2.45) is 5.92 Å². The van der Waals surface area contributed by atoms with Crippen molar-refractivity contribution < 1.29 is 23.5 Å². The first-order chi connectivity index (χ1) is 17.3. The molecule has 1 fully saturated rings. The second kappa shape index (κ2) is 11.0. The summed E-state index contributed by atoms with van der Waals surface area (Å²) in [7, 11) is 0. The number of benzene rings is 3. The monoisotopic (exact) mass is 489 g/mol. The van der Waals surface area contributed by atoms with Gasteiger partial charge in [0, 0.05) is 17.8 Å². The molecule has 8 heteroatoms. The Morgan fingerprint density at radius 2 is 1.64 bits per heavy atom. The minimum absolute atomic E-state index is 0.0628. The molecule has 0 spiro atoms. The van der Waals surface area contributed by atoms with Crippen molar-refractivity contribution in [2.45, 2.75) is 39.0 Å². The predicted molar refractivity (Wildman–Crippen MR) is 135 cm³/mol. The molecule has 186 valence electrons. The standard InChI is InChI=1S/C28H28FN3O4/c1-18(2)15-24(33)30-23-10-6-7-20(16-23)26-25(27(34)31-22-8-4-3-5-9-22)32(28(35)36-26)17-19-11-13-21(29)14-12-19/h3-14,16,18,25-26H,15,17H2,1-2H3,(H,30,33)(H,31,34). The number of carbonyl (C=O) groups is 3. The number of carbonyl (C=O) groups excluding carboxylic acids is 3. The number of para-hydroxylation sites is 1. The van der Waals surface area contributed by atoms with E-state index in [1.807, 2.05) is 19.9 Å². The minimum Gasteiger partial charge on any atom is -0.438 e. The summed E-state index contributed by atoms with van der Waals surface area (Å²) in [5.74, 6) is -0.736. The highest BCUT2D eigenvalue weighted by molar-refractivity contribution is 5.98. The Labute approximate surface area is 209 Å². The summed E-state index contributed by atoms with van der Waals surface area (Å²) in [5.41, 5.74) is 2.35. The molecule has 0 aliphatic carbocycles. The summed E-state index contributed by atoms with van der Waals surface area (Å²) in [6.45, 7) is 3.98. The average molecular weight is 490 g/mol. The van der Waals surface area contributed by atoms with Crippen molar-refractivity contribution in [1.29, 1.82) is 0 Å². The number of rotatable bonds is 8. The lowest BCUT2D eigenvalue weighted by molar-refractivity contribution is -0.121. The van der Waals surface area contributed by atoms with Crippen molar-refractivity contribution in [3.05, 3.63) is 95.8 Å². The minimum atomic E-state index is -0.996. The van der Waals surface area contributed by atoms with Crippen LogP contribution in [-0.2, 0) is 20.9 Å². The zero-order valence-electron chi connectivity index (χ0n) is 20.1. The maximum atomic E-state index is 13.5. The van der Waals surface area contributed by atoms with Gasteiger partial charge < -0.3 is 15.4 Å². The Balaban J connectivity index is 1.63. The fraction of sp³-hybridized carbons (Fsp3) is 0.250. The number of hydrogen-bond donors (Lipinski definition) is 2. The van der Waals surface area contributed by atoms with E-state index in [0.29, 0.717) is 28.9 Å². The van der Waals surface area contributed by atoms with Gasteiger partial charge in [0.15, 0.2) is 12.1 Å². The van der Waals surface area contributed by atoms with Gasteiger partial charge in [0.05, 0.1) is 6.54 Å². The lowest BCUT2D eigenvalue weighted by atomic mass is 9.99. The van der Waals surface area contributed by atoms with E-state index in [1.54, 1.807) is 60.7 Å². The van der Waals surface area contributed by atoms with E-state index < -0.39 is 30.0 Å². The molecule has 3 aromatic carbocycles. The van der Waals surface area contributed by atoms with Crippen molar-refractivity contribution in [3.63, 3.8) is 0 Å². The highest BCUT2D eigenvalue weighted by Crippen LogP contribution is 2.35. The topological polar surface area (TPSA) is 87.7 Å². The number of hydrogen-bond acceptors (Lipinski definition) is 4. The van der Waals surface area contributed by atoms with Crippen LogP contribution in [0, 0.1) is 11.7 Å². The van der Waals surface area contributed by atoms with Crippen LogP contribution in [0.3, 0.4) is 0 Å². The number of amides is 3. The third-order valence-electron chi connectivity index (χ3n) is 5.75. The van der Waals surface area contributed by atoms with E-state index >= 15 is 0 Å². The first-order valence-corrected chi connectivity index (χ1v) is 11.8. The third kappa shape index (κ3) is 6.07. The molecular formula is C28H28FN3O4. The maximum absolute atomic E-state index is 13.5. The van der Waals surface area contributed by atoms with Gasteiger partial charge in [-0.05, 0) is 53.4 Å². The molecule has 1 saturated heterocycles. The van der Waals surface area contributed by atoms with Gasteiger partial charge in [0.2, 0.25) is 5.91 Å². The molecule has 2 unspecified atom stereocenters. The number of nitrogens with zero attached hydrogens (tertiary/aromatic N) is 1. The first-order valence-electron chi connectivity index (χ1n) is 11.8. The number of ether oxygens (including phenoxy) is 1. The summed E-state index contributed by atoms with van der Waals surface area (Å²) in [5, 5.41) is 5.71. The van der Waals surface area contributed by atoms with Crippen LogP contribution in [-0.4, -0.2) is 28.8 Å². The molecule has 3 aromatic rings. The molecule has 7 nitrogen and oxygen atoms in total. The van der Waals surface area contributed by atoms with Crippen LogP contribution in [0.25, 0.3) is 0 Å². The van der Waals surface area contributed by atoms with Crippen molar-refractivity contribution >= 4 is 29.3 Å². The second-order valence-corrected chi connectivity index (χ2v) is 9.13. The molecule has 0 saturated carbocycles. The Hall–Kier alpha value is -4.20. The van der Waals surface area contributed by atoms with Gasteiger partial charge in [-0.2, -0.15) is 0 Å². The highest BCUT2D eigenvalue weighted by atomic mass is 19.1. The summed E-state index contributed by atoms with van der Waals surface area (Å²) in [4.78, 5) is 40.0. The number of anilines is 2. The smallest absolute Gasteiger partial charge is 0.411 e. The van der Waals surface area contributed by atoms with Gasteiger partial charge in [-0.25, -0.2) is 9.18 Å². The average Bonchev–Trinajstić information content (AvgIpc) is 3.17. The van der Waals surface area contributed by atoms with Crippen LogP contribution in [0.15, 0.2) is 78.9 Å². The Bertz CT molecular complexity index is 1230. The summed E-state index contributed by atoms with van der Waals surface area (Å²) < 4.78 is 19.1. The Kier molecular flexibility index (Phi) is 7.63. The first kappa shape index (κ1) is 24.9. The fourth-order valence-corrected chi connectivity index (χ4v) is 4.11. The molecule has 1 aliphatic heterocycles.